The van der Waals surface area contributed by atoms with Gasteiger partial charge in [-0.2, -0.15) is 0 Å². The van der Waals surface area contributed by atoms with Gasteiger partial charge in [-0.3, -0.25) is 4.79 Å². The highest BCUT2D eigenvalue weighted by Crippen LogP contribution is 2.56. The number of hydrogen-bond acceptors (Lipinski definition) is 2. The molecule has 1 N–H and O–H groups in total. The largest absolute Gasteiger partial charge is 0.316 e. The maximum atomic E-state index is 12.1. The Morgan fingerprint density at radius 1 is 1.38 bits per heavy atom. The summed E-state index contributed by atoms with van der Waals surface area (Å²) in [5.41, 5.74) is 3.27. The van der Waals surface area contributed by atoms with Gasteiger partial charge in [-0.15, -0.1) is 0 Å². The third-order valence-corrected chi connectivity index (χ3v) is 6.57. The van der Waals surface area contributed by atoms with Crippen LogP contribution in [0, 0.1) is 17.8 Å². The molecular weight excluding hydrogens is 260 g/mol. The molecule has 4 atom stereocenters. The highest BCUT2D eigenvalue weighted by Gasteiger charge is 2.55. The fraction of sp³-hybridized carbons (Fsp3) is 0.833. The maximum absolute atomic E-state index is 12.1. The molecule has 3 nitrogen and oxygen atoms in total. The van der Waals surface area contributed by atoms with E-state index in [0.717, 1.165) is 43.7 Å². The number of allylic oxidation sites excluding steroid dienone is 1. The molecule has 116 valence electrons. The fourth-order valence-corrected chi connectivity index (χ4v) is 6.03. The molecule has 21 heavy (non-hydrogen) atoms. The SMILES string of the molecule is CC(=O)N1CCCC2=C1C[C@@H]1C[C@@H](C)C[C@]23NCCC[C@H]13. The molecule has 4 aliphatic rings. The van der Waals surface area contributed by atoms with E-state index in [4.69, 9.17) is 0 Å². The van der Waals surface area contributed by atoms with Gasteiger partial charge in [0.05, 0.1) is 0 Å². The summed E-state index contributed by atoms with van der Waals surface area (Å²) in [6.45, 7) is 6.27. The van der Waals surface area contributed by atoms with Crippen LogP contribution in [0.4, 0.5) is 0 Å². The molecule has 0 aromatic rings. The van der Waals surface area contributed by atoms with Crippen molar-refractivity contribution < 1.29 is 4.79 Å². The zero-order valence-corrected chi connectivity index (χ0v) is 13.5. The average molecular weight is 288 g/mol. The average Bonchev–Trinajstić information content (AvgIpc) is 2.46. The summed E-state index contributed by atoms with van der Waals surface area (Å²) >= 11 is 0. The van der Waals surface area contributed by atoms with E-state index in [1.54, 1.807) is 12.5 Å². The highest BCUT2D eigenvalue weighted by atomic mass is 16.2. The molecule has 0 spiro atoms. The number of nitrogens with one attached hydrogen (secondary N) is 1. The lowest BCUT2D eigenvalue weighted by Gasteiger charge is -2.60. The van der Waals surface area contributed by atoms with Gasteiger partial charge in [0.25, 0.3) is 0 Å². The molecule has 0 unspecified atom stereocenters. The minimum atomic E-state index is 0.238. The second-order valence-electron chi connectivity index (χ2n) is 7.86. The molecule has 0 aromatic heterocycles. The molecule has 4 rings (SSSR count). The van der Waals surface area contributed by atoms with Gasteiger partial charge < -0.3 is 10.2 Å². The van der Waals surface area contributed by atoms with Gasteiger partial charge in [0.2, 0.25) is 5.91 Å². The van der Waals surface area contributed by atoms with Crippen molar-refractivity contribution in [1.82, 2.24) is 10.2 Å². The number of carbonyl (C=O) groups excluding carboxylic acids is 1. The Morgan fingerprint density at radius 3 is 3.05 bits per heavy atom. The highest BCUT2D eigenvalue weighted by molar-refractivity contribution is 5.76. The van der Waals surface area contributed by atoms with Crippen LogP contribution in [0.2, 0.25) is 0 Å². The van der Waals surface area contributed by atoms with Gasteiger partial charge in [0.1, 0.15) is 0 Å². The van der Waals surface area contributed by atoms with Gasteiger partial charge in [0.15, 0.2) is 0 Å². The third-order valence-electron chi connectivity index (χ3n) is 6.57. The predicted octanol–water partition coefficient (Wildman–Crippen LogP) is 3.07. The number of piperidine rings is 1. The van der Waals surface area contributed by atoms with Crippen LogP contribution >= 0.6 is 0 Å². The van der Waals surface area contributed by atoms with Crippen LogP contribution in [0.1, 0.15) is 58.8 Å². The Labute approximate surface area is 128 Å². The Morgan fingerprint density at radius 2 is 2.24 bits per heavy atom. The van der Waals surface area contributed by atoms with E-state index in [2.05, 4.69) is 17.1 Å². The molecule has 1 amide bonds. The normalized spacial score (nSPS) is 42.4. The van der Waals surface area contributed by atoms with Crippen molar-refractivity contribution in [2.75, 3.05) is 13.1 Å². The van der Waals surface area contributed by atoms with E-state index in [9.17, 15) is 4.79 Å². The van der Waals surface area contributed by atoms with Crippen molar-refractivity contribution >= 4 is 5.91 Å². The molecule has 2 aliphatic heterocycles. The van der Waals surface area contributed by atoms with E-state index >= 15 is 0 Å². The lowest BCUT2D eigenvalue weighted by Crippen LogP contribution is -2.64. The Hall–Kier alpha value is -0.830. The Bertz CT molecular complexity index is 497. The zero-order valence-electron chi connectivity index (χ0n) is 13.5. The predicted molar refractivity (Wildman–Crippen MR) is 83.6 cm³/mol. The summed E-state index contributed by atoms with van der Waals surface area (Å²) in [5, 5.41) is 3.96. The van der Waals surface area contributed by atoms with Crippen LogP contribution in [0.15, 0.2) is 11.3 Å². The minimum Gasteiger partial charge on any atom is -0.316 e. The van der Waals surface area contributed by atoms with Crippen LogP contribution in [0.5, 0.6) is 0 Å². The molecule has 2 heterocycles. The van der Waals surface area contributed by atoms with E-state index in [1.165, 1.54) is 37.8 Å². The number of rotatable bonds is 0. The van der Waals surface area contributed by atoms with Crippen molar-refractivity contribution in [3.63, 3.8) is 0 Å². The van der Waals surface area contributed by atoms with Crippen molar-refractivity contribution in [3.05, 3.63) is 11.3 Å². The van der Waals surface area contributed by atoms with Crippen LogP contribution < -0.4 is 5.32 Å². The second kappa shape index (κ2) is 4.84. The maximum Gasteiger partial charge on any atom is 0.223 e. The summed E-state index contributed by atoms with van der Waals surface area (Å²) in [6, 6.07) is 0. The van der Waals surface area contributed by atoms with E-state index in [1.807, 2.05) is 0 Å². The molecule has 2 fully saturated rings. The number of amides is 1. The minimum absolute atomic E-state index is 0.238. The first-order chi connectivity index (χ1) is 10.1. The van der Waals surface area contributed by atoms with Gasteiger partial charge in [0, 0.05) is 24.7 Å². The molecule has 1 saturated heterocycles. The van der Waals surface area contributed by atoms with Gasteiger partial charge in [-0.1, -0.05) is 6.92 Å². The second-order valence-corrected chi connectivity index (χ2v) is 7.86. The van der Waals surface area contributed by atoms with Crippen molar-refractivity contribution in [2.45, 2.75) is 64.3 Å². The third kappa shape index (κ3) is 1.93. The van der Waals surface area contributed by atoms with Crippen molar-refractivity contribution in [1.29, 1.82) is 0 Å². The van der Waals surface area contributed by atoms with Gasteiger partial charge in [-0.05, 0) is 74.8 Å². The molecule has 0 aromatic carbocycles. The summed E-state index contributed by atoms with van der Waals surface area (Å²) in [4.78, 5) is 14.2. The smallest absolute Gasteiger partial charge is 0.223 e. The number of nitrogens with zero attached hydrogens (tertiary/aromatic N) is 1. The quantitative estimate of drug-likeness (QED) is 0.743. The lowest BCUT2D eigenvalue weighted by atomic mass is 9.53. The molecule has 3 heteroatoms. The standard InChI is InChI=1S/C18H28N2O/c1-12-9-14-10-17-16(6-4-8-20(17)13(2)21)18(11-12)15(14)5-3-7-19-18/h12,14-15,19H,3-11H2,1-2H3/t12-,14+,15-,18-/m1/s1. The first-order valence-electron chi connectivity index (χ1n) is 8.87. The fourth-order valence-electron chi connectivity index (χ4n) is 6.03. The summed E-state index contributed by atoms with van der Waals surface area (Å²) in [7, 11) is 0. The van der Waals surface area contributed by atoms with Crippen molar-refractivity contribution in [3.8, 4) is 0 Å². The molecular formula is C18H28N2O. The molecule has 0 radical (unpaired) electrons. The molecule has 2 aliphatic carbocycles. The van der Waals surface area contributed by atoms with Crippen molar-refractivity contribution in [2.24, 2.45) is 17.8 Å². The summed E-state index contributed by atoms with van der Waals surface area (Å²) < 4.78 is 0. The van der Waals surface area contributed by atoms with E-state index < -0.39 is 0 Å². The Kier molecular flexibility index (Phi) is 3.18. The lowest BCUT2D eigenvalue weighted by molar-refractivity contribution is -0.128. The van der Waals surface area contributed by atoms with Crippen LogP contribution in [-0.2, 0) is 4.79 Å². The monoisotopic (exact) mass is 288 g/mol. The number of carbonyl (C=O) groups is 1. The first-order valence-corrected chi connectivity index (χ1v) is 8.87. The van der Waals surface area contributed by atoms with Crippen LogP contribution in [0.3, 0.4) is 0 Å². The first kappa shape index (κ1) is 13.8. The molecule has 2 bridgehead atoms. The topological polar surface area (TPSA) is 32.3 Å². The molecule has 1 saturated carbocycles. The Balaban J connectivity index is 1.83. The number of hydrogen-bond donors (Lipinski definition) is 1. The summed E-state index contributed by atoms with van der Waals surface area (Å²) in [5.74, 6) is 2.69. The van der Waals surface area contributed by atoms with Crippen LogP contribution in [0.25, 0.3) is 0 Å². The van der Waals surface area contributed by atoms with Gasteiger partial charge in [-0.25, -0.2) is 0 Å². The van der Waals surface area contributed by atoms with Crippen LogP contribution in [-0.4, -0.2) is 29.4 Å². The van der Waals surface area contributed by atoms with E-state index in [-0.39, 0.29) is 11.4 Å². The zero-order chi connectivity index (χ0) is 14.6. The summed E-state index contributed by atoms with van der Waals surface area (Å²) in [6.07, 6.45) is 8.88. The van der Waals surface area contributed by atoms with E-state index in [0.29, 0.717) is 0 Å². The van der Waals surface area contributed by atoms with Gasteiger partial charge >= 0.3 is 0 Å².